The van der Waals surface area contributed by atoms with Crippen molar-refractivity contribution in [1.82, 2.24) is 9.88 Å². The van der Waals surface area contributed by atoms with Gasteiger partial charge >= 0.3 is 6.09 Å². The first-order valence-corrected chi connectivity index (χ1v) is 7.75. The van der Waals surface area contributed by atoms with E-state index in [0.717, 1.165) is 11.3 Å². The Labute approximate surface area is 137 Å². The summed E-state index contributed by atoms with van der Waals surface area (Å²) in [5.74, 6) is 0.668. The molecule has 0 aromatic carbocycles. The van der Waals surface area contributed by atoms with Crippen molar-refractivity contribution >= 4 is 6.09 Å². The molecule has 0 N–H and O–H groups in total. The second-order valence-electron chi connectivity index (χ2n) is 6.89. The zero-order chi connectivity index (χ0) is 17.2. The summed E-state index contributed by atoms with van der Waals surface area (Å²) in [5, 5.41) is 9.47. The Kier molecular flexibility index (Phi) is 4.79. The van der Waals surface area contributed by atoms with Crippen LogP contribution in [0.15, 0.2) is 6.20 Å². The first-order valence-electron chi connectivity index (χ1n) is 7.75. The van der Waals surface area contributed by atoms with Crippen molar-refractivity contribution in [2.75, 3.05) is 13.2 Å². The summed E-state index contributed by atoms with van der Waals surface area (Å²) in [6.07, 6.45) is 1.30. The molecule has 0 unspecified atom stereocenters. The van der Waals surface area contributed by atoms with Crippen LogP contribution in [0.3, 0.4) is 0 Å². The molecule has 1 amide bonds. The highest BCUT2D eigenvalue weighted by atomic mass is 16.6. The van der Waals surface area contributed by atoms with E-state index in [1.54, 1.807) is 11.1 Å². The molecule has 2 heterocycles. The van der Waals surface area contributed by atoms with Gasteiger partial charge in [0.25, 0.3) is 0 Å². The average molecular weight is 317 g/mol. The number of nitriles is 1. The number of nitrogens with zero attached hydrogens (tertiary/aromatic N) is 3. The Morgan fingerprint density at radius 3 is 2.74 bits per heavy atom. The van der Waals surface area contributed by atoms with Gasteiger partial charge in [-0.3, -0.25) is 4.98 Å². The zero-order valence-corrected chi connectivity index (χ0v) is 14.3. The molecule has 1 aromatic heterocycles. The van der Waals surface area contributed by atoms with Gasteiger partial charge in [-0.2, -0.15) is 5.26 Å². The number of hydrogen-bond acceptors (Lipinski definition) is 5. The number of amides is 1. The van der Waals surface area contributed by atoms with Gasteiger partial charge in [0.15, 0.2) is 0 Å². The summed E-state index contributed by atoms with van der Waals surface area (Å²) in [6, 6.07) is 2.19. The van der Waals surface area contributed by atoms with Crippen LogP contribution in [-0.2, 0) is 11.3 Å². The summed E-state index contributed by atoms with van der Waals surface area (Å²) >= 11 is 0. The van der Waals surface area contributed by atoms with Crippen LogP contribution >= 0.6 is 0 Å². The molecule has 0 bridgehead atoms. The van der Waals surface area contributed by atoms with Gasteiger partial charge in [-0.05, 0) is 26.7 Å². The van der Waals surface area contributed by atoms with Crippen molar-refractivity contribution in [3.8, 4) is 11.8 Å². The van der Waals surface area contributed by atoms with Gasteiger partial charge in [0.2, 0.25) is 0 Å². The average Bonchev–Trinajstić information content (AvgIpc) is 2.66. The molecule has 0 saturated carbocycles. The molecule has 0 spiro atoms. The summed E-state index contributed by atoms with van der Waals surface area (Å²) in [6.45, 7) is 10.5. The fraction of sp³-hybridized carbons (Fsp3) is 0.588. The molecular weight excluding hydrogens is 294 g/mol. The number of carbonyl (C=O) groups excluding carboxylic acids is 1. The van der Waals surface area contributed by atoms with Crippen LogP contribution in [0.5, 0.6) is 5.75 Å². The predicted octanol–water partition coefficient (Wildman–Crippen LogP) is 3.21. The van der Waals surface area contributed by atoms with Crippen LogP contribution in [0, 0.1) is 11.3 Å². The molecule has 0 aliphatic carbocycles. The van der Waals surface area contributed by atoms with E-state index < -0.39 is 5.60 Å². The normalized spacial score (nSPS) is 14.6. The van der Waals surface area contributed by atoms with Crippen LogP contribution < -0.4 is 4.74 Å². The van der Waals surface area contributed by atoms with Crippen LogP contribution in [0.4, 0.5) is 4.79 Å². The number of hydrogen-bond donors (Lipinski definition) is 0. The molecule has 1 aromatic rings. The lowest BCUT2D eigenvalue weighted by Crippen LogP contribution is -2.37. The van der Waals surface area contributed by atoms with Gasteiger partial charge in [-0.25, -0.2) is 4.79 Å². The number of aromatic nitrogens is 1. The van der Waals surface area contributed by atoms with Crippen molar-refractivity contribution in [3.05, 3.63) is 23.0 Å². The lowest BCUT2D eigenvalue weighted by atomic mass is 10.0. The highest BCUT2D eigenvalue weighted by Gasteiger charge is 2.27. The molecule has 0 saturated heterocycles. The molecule has 23 heavy (non-hydrogen) atoms. The maximum absolute atomic E-state index is 12.3. The van der Waals surface area contributed by atoms with Crippen LogP contribution in [-0.4, -0.2) is 34.7 Å². The summed E-state index contributed by atoms with van der Waals surface area (Å²) in [7, 11) is 0. The SMILES string of the molecule is CC(C)c1ncc2c(c1C#N)OCCN(C(=O)OC(C)(C)C)C2. The molecule has 0 atom stereocenters. The first-order chi connectivity index (χ1) is 10.7. The Hall–Kier alpha value is -2.29. The second kappa shape index (κ2) is 6.45. The second-order valence-corrected chi connectivity index (χ2v) is 6.89. The van der Waals surface area contributed by atoms with Crippen molar-refractivity contribution in [2.24, 2.45) is 0 Å². The standard InChI is InChI=1S/C17H23N3O3/c1-11(2)14-13(8-18)15-12(9-19-14)10-20(6-7-22-15)16(21)23-17(3,4)5/h9,11H,6-7,10H2,1-5H3. The Morgan fingerprint density at radius 2 is 2.17 bits per heavy atom. The Balaban J connectivity index is 2.32. The van der Waals surface area contributed by atoms with Crippen molar-refractivity contribution in [1.29, 1.82) is 5.26 Å². The highest BCUT2D eigenvalue weighted by molar-refractivity contribution is 5.68. The molecule has 1 aliphatic heterocycles. The van der Waals surface area contributed by atoms with Crippen LogP contribution in [0.1, 0.15) is 57.4 Å². The zero-order valence-electron chi connectivity index (χ0n) is 14.3. The molecule has 0 radical (unpaired) electrons. The van der Waals surface area contributed by atoms with E-state index in [4.69, 9.17) is 9.47 Å². The maximum Gasteiger partial charge on any atom is 0.410 e. The summed E-state index contributed by atoms with van der Waals surface area (Å²) < 4.78 is 11.2. The van der Waals surface area contributed by atoms with Crippen LogP contribution in [0.2, 0.25) is 0 Å². The number of pyridine rings is 1. The van der Waals surface area contributed by atoms with E-state index in [9.17, 15) is 10.1 Å². The minimum Gasteiger partial charge on any atom is -0.490 e. The van der Waals surface area contributed by atoms with Gasteiger partial charge in [0.05, 0.1) is 18.8 Å². The maximum atomic E-state index is 12.3. The lowest BCUT2D eigenvalue weighted by molar-refractivity contribution is 0.0225. The van der Waals surface area contributed by atoms with E-state index in [-0.39, 0.29) is 12.0 Å². The van der Waals surface area contributed by atoms with Gasteiger partial charge in [0, 0.05) is 11.8 Å². The number of carbonyl (C=O) groups is 1. The molecule has 0 fully saturated rings. The monoisotopic (exact) mass is 317 g/mol. The van der Waals surface area contributed by atoms with E-state index in [0.29, 0.717) is 31.0 Å². The third-order valence-corrected chi connectivity index (χ3v) is 3.41. The molecule has 6 nitrogen and oxygen atoms in total. The quantitative estimate of drug-likeness (QED) is 0.795. The fourth-order valence-corrected chi connectivity index (χ4v) is 2.40. The number of fused-ring (bicyclic) bond motifs is 1. The summed E-state index contributed by atoms with van der Waals surface area (Å²) in [4.78, 5) is 18.2. The minimum atomic E-state index is -0.551. The van der Waals surface area contributed by atoms with E-state index in [1.807, 2.05) is 34.6 Å². The Bertz CT molecular complexity index is 642. The van der Waals surface area contributed by atoms with Crippen molar-refractivity contribution in [2.45, 2.75) is 52.7 Å². The molecular formula is C17H23N3O3. The molecule has 6 heteroatoms. The number of rotatable bonds is 1. The fourth-order valence-electron chi connectivity index (χ4n) is 2.40. The third kappa shape index (κ3) is 3.92. The van der Waals surface area contributed by atoms with Gasteiger partial charge in [0.1, 0.15) is 29.6 Å². The largest absolute Gasteiger partial charge is 0.490 e. The first kappa shape index (κ1) is 17.1. The van der Waals surface area contributed by atoms with Crippen molar-refractivity contribution < 1.29 is 14.3 Å². The summed E-state index contributed by atoms with van der Waals surface area (Å²) in [5.41, 5.74) is 1.36. The van der Waals surface area contributed by atoms with Gasteiger partial charge < -0.3 is 14.4 Å². The van der Waals surface area contributed by atoms with Crippen molar-refractivity contribution in [3.63, 3.8) is 0 Å². The van der Waals surface area contributed by atoms with E-state index in [2.05, 4.69) is 11.1 Å². The highest BCUT2D eigenvalue weighted by Crippen LogP contribution is 2.31. The van der Waals surface area contributed by atoms with E-state index in [1.165, 1.54) is 0 Å². The minimum absolute atomic E-state index is 0.128. The molecule has 2 rings (SSSR count). The topological polar surface area (TPSA) is 75.5 Å². The van der Waals surface area contributed by atoms with Crippen LogP contribution in [0.25, 0.3) is 0 Å². The van der Waals surface area contributed by atoms with Gasteiger partial charge in [-0.15, -0.1) is 0 Å². The Morgan fingerprint density at radius 1 is 1.48 bits per heavy atom. The van der Waals surface area contributed by atoms with Gasteiger partial charge in [-0.1, -0.05) is 13.8 Å². The molecule has 1 aliphatic rings. The number of ether oxygens (including phenoxy) is 2. The van der Waals surface area contributed by atoms with E-state index >= 15 is 0 Å². The lowest BCUT2D eigenvalue weighted by Gasteiger charge is -2.26. The smallest absolute Gasteiger partial charge is 0.410 e. The predicted molar refractivity (Wildman–Crippen MR) is 85.2 cm³/mol. The molecule has 124 valence electrons. The third-order valence-electron chi connectivity index (χ3n) is 3.41.